The highest BCUT2D eigenvalue weighted by Crippen LogP contribution is 2.25. The summed E-state index contributed by atoms with van der Waals surface area (Å²) in [5, 5.41) is 2.79. The van der Waals surface area contributed by atoms with Crippen molar-refractivity contribution in [3.63, 3.8) is 0 Å². The first-order valence-corrected chi connectivity index (χ1v) is 12.3. The molecule has 1 unspecified atom stereocenters. The summed E-state index contributed by atoms with van der Waals surface area (Å²) in [6.07, 6.45) is 1.21. The van der Waals surface area contributed by atoms with Crippen LogP contribution in [0.1, 0.15) is 42.7 Å². The third-order valence-corrected chi connectivity index (χ3v) is 7.56. The lowest BCUT2D eigenvalue weighted by Crippen LogP contribution is -2.43. The monoisotopic (exact) mass is 458 g/mol. The van der Waals surface area contributed by atoms with Crippen molar-refractivity contribution in [2.24, 2.45) is 5.92 Å². The van der Waals surface area contributed by atoms with Crippen molar-refractivity contribution in [3.05, 3.63) is 53.7 Å². The molecule has 1 N–H and O–H groups in total. The van der Waals surface area contributed by atoms with Gasteiger partial charge >= 0.3 is 0 Å². The summed E-state index contributed by atoms with van der Waals surface area (Å²) in [6, 6.07) is 11.4. The summed E-state index contributed by atoms with van der Waals surface area (Å²) in [5.41, 5.74) is 1.24. The first-order chi connectivity index (χ1) is 15.3. The second-order valence-electron chi connectivity index (χ2n) is 7.86. The molecule has 1 aromatic heterocycles. The number of amides is 2. The molecule has 0 saturated carbocycles. The van der Waals surface area contributed by atoms with Gasteiger partial charge in [0.15, 0.2) is 0 Å². The van der Waals surface area contributed by atoms with E-state index in [9.17, 15) is 18.0 Å². The fraction of sp³-hybridized carbons (Fsp3) is 0.435. The Morgan fingerprint density at radius 1 is 1.12 bits per heavy atom. The maximum Gasteiger partial charge on any atom is 0.253 e. The van der Waals surface area contributed by atoms with Crippen LogP contribution < -0.4 is 5.32 Å². The third-order valence-electron chi connectivity index (χ3n) is 5.68. The third kappa shape index (κ3) is 5.34. The molecule has 1 aliphatic heterocycles. The molecule has 172 valence electrons. The van der Waals surface area contributed by atoms with Crippen molar-refractivity contribution in [2.75, 3.05) is 31.5 Å². The normalized spacial score (nSPS) is 17.0. The van der Waals surface area contributed by atoms with E-state index in [1.54, 1.807) is 23.1 Å². The Morgan fingerprint density at radius 3 is 2.44 bits per heavy atom. The van der Waals surface area contributed by atoms with Crippen molar-refractivity contribution in [3.8, 4) is 0 Å². The zero-order valence-electron chi connectivity index (χ0n) is 18.7. The highest BCUT2D eigenvalue weighted by molar-refractivity contribution is 7.89. The molecule has 32 heavy (non-hydrogen) atoms. The molecule has 0 aliphatic carbocycles. The van der Waals surface area contributed by atoms with Crippen molar-refractivity contribution in [1.29, 1.82) is 0 Å². The van der Waals surface area contributed by atoms with Crippen LogP contribution in [0.4, 0.5) is 5.82 Å². The number of nitrogens with zero attached hydrogens (tertiary/aromatic N) is 3. The van der Waals surface area contributed by atoms with Gasteiger partial charge in [-0.15, -0.1) is 0 Å². The molecular formula is C23H30N4O4S. The van der Waals surface area contributed by atoms with Gasteiger partial charge in [0.1, 0.15) is 5.82 Å². The van der Waals surface area contributed by atoms with Crippen LogP contribution in [-0.2, 0) is 14.8 Å². The van der Waals surface area contributed by atoms with E-state index in [0.29, 0.717) is 43.9 Å². The molecular weight excluding hydrogens is 428 g/mol. The van der Waals surface area contributed by atoms with Gasteiger partial charge in [-0.05, 0) is 70.0 Å². The number of benzene rings is 1. The number of sulfonamides is 1. The van der Waals surface area contributed by atoms with Gasteiger partial charge in [-0.1, -0.05) is 6.07 Å². The molecule has 9 heteroatoms. The molecule has 1 aromatic carbocycles. The van der Waals surface area contributed by atoms with Gasteiger partial charge in [0.05, 0.1) is 10.8 Å². The Bertz CT molecular complexity index is 1070. The van der Waals surface area contributed by atoms with Gasteiger partial charge in [-0.2, -0.15) is 4.31 Å². The Labute approximate surface area is 189 Å². The molecule has 2 heterocycles. The number of aromatic nitrogens is 1. The second kappa shape index (κ2) is 10.2. The largest absolute Gasteiger partial charge is 0.339 e. The Balaban J connectivity index is 1.71. The minimum atomic E-state index is -3.77. The molecule has 1 aliphatic rings. The van der Waals surface area contributed by atoms with E-state index >= 15 is 0 Å². The molecule has 0 radical (unpaired) electrons. The summed E-state index contributed by atoms with van der Waals surface area (Å²) in [7, 11) is -3.77. The number of hydrogen-bond donors (Lipinski definition) is 1. The van der Waals surface area contributed by atoms with Crippen LogP contribution in [-0.4, -0.2) is 60.6 Å². The maximum absolute atomic E-state index is 13.2. The van der Waals surface area contributed by atoms with E-state index in [2.05, 4.69) is 10.3 Å². The van der Waals surface area contributed by atoms with Gasteiger partial charge in [-0.25, -0.2) is 13.4 Å². The first kappa shape index (κ1) is 23.9. The first-order valence-electron chi connectivity index (χ1n) is 10.9. The standard InChI is InChI=1S/C23H30N4O4S/c1-4-26(5-2)23(29)18-11-13-20(14-12-18)32(30,31)27-15-7-9-19(16-27)22(28)25-21-10-6-8-17(3)24-21/h6,8,10-14,19H,4-5,7,9,15-16H2,1-3H3,(H,24,25,28). The number of carbonyl (C=O) groups excluding carboxylic acids is 2. The highest BCUT2D eigenvalue weighted by Gasteiger charge is 2.33. The van der Waals surface area contributed by atoms with E-state index in [-0.39, 0.29) is 23.3 Å². The molecule has 2 aromatic rings. The van der Waals surface area contributed by atoms with Crippen LogP contribution >= 0.6 is 0 Å². The number of nitrogens with one attached hydrogen (secondary N) is 1. The Kier molecular flexibility index (Phi) is 7.63. The summed E-state index contributed by atoms with van der Waals surface area (Å²) in [4.78, 5) is 31.3. The molecule has 0 bridgehead atoms. The van der Waals surface area contributed by atoms with Gasteiger partial charge in [-0.3, -0.25) is 9.59 Å². The average molecular weight is 459 g/mol. The number of hydrogen-bond acceptors (Lipinski definition) is 5. The van der Waals surface area contributed by atoms with Gasteiger partial charge in [0.2, 0.25) is 15.9 Å². The number of carbonyl (C=O) groups is 2. The molecule has 3 rings (SSSR count). The maximum atomic E-state index is 13.2. The van der Waals surface area contributed by atoms with E-state index < -0.39 is 15.9 Å². The Morgan fingerprint density at radius 2 is 1.81 bits per heavy atom. The van der Waals surface area contributed by atoms with Crippen LogP contribution in [0.2, 0.25) is 0 Å². The van der Waals surface area contributed by atoms with E-state index in [4.69, 9.17) is 0 Å². The molecule has 8 nitrogen and oxygen atoms in total. The molecule has 2 amide bonds. The lowest BCUT2D eigenvalue weighted by Gasteiger charge is -2.31. The highest BCUT2D eigenvalue weighted by atomic mass is 32.2. The summed E-state index contributed by atoms with van der Waals surface area (Å²) >= 11 is 0. The van der Waals surface area contributed by atoms with Crippen LogP contribution in [0.5, 0.6) is 0 Å². The van der Waals surface area contributed by atoms with E-state index in [1.807, 2.05) is 32.9 Å². The summed E-state index contributed by atoms with van der Waals surface area (Å²) < 4.78 is 27.7. The fourth-order valence-corrected chi connectivity index (χ4v) is 5.35. The minimum absolute atomic E-state index is 0.111. The predicted molar refractivity (Wildman–Crippen MR) is 123 cm³/mol. The van der Waals surface area contributed by atoms with E-state index in [0.717, 1.165) is 5.69 Å². The summed E-state index contributed by atoms with van der Waals surface area (Å²) in [6.45, 7) is 7.28. The lowest BCUT2D eigenvalue weighted by atomic mass is 9.99. The average Bonchev–Trinajstić information content (AvgIpc) is 2.80. The quantitative estimate of drug-likeness (QED) is 0.688. The topological polar surface area (TPSA) is 99.7 Å². The van der Waals surface area contributed by atoms with Crippen LogP contribution in [0, 0.1) is 12.8 Å². The van der Waals surface area contributed by atoms with Gasteiger partial charge < -0.3 is 10.2 Å². The van der Waals surface area contributed by atoms with Crippen molar-refractivity contribution in [2.45, 2.75) is 38.5 Å². The number of piperidine rings is 1. The zero-order chi connectivity index (χ0) is 23.3. The van der Waals surface area contributed by atoms with Gasteiger partial charge in [0, 0.05) is 37.4 Å². The number of pyridine rings is 1. The van der Waals surface area contributed by atoms with Crippen LogP contribution in [0.15, 0.2) is 47.4 Å². The van der Waals surface area contributed by atoms with Crippen molar-refractivity contribution >= 4 is 27.7 Å². The number of anilines is 1. The molecule has 1 atom stereocenters. The minimum Gasteiger partial charge on any atom is -0.339 e. The molecule has 1 saturated heterocycles. The number of aryl methyl sites for hydroxylation is 1. The van der Waals surface area contributed by atoms with Crippen LogP contribution in [0.3, 0.4) is 0 Å². The van der Waals surface area contributed by atoms with Crippen molar-refractivity contribution < 1.29 is 18.0 Å². The smallest absolute Gasteiger partial charge is 0.253 e. The molecule has 1 fully saturated rings. The summed E-state index contributed by atoms with van der Waals surface area (Å²) in [5.74, 6) is -0.352. The number of rotatable bonds is 7. The Hall–Kier alpha value is -2.78. The predicted octanol–water partition coefficient (Wildman–Crippen LogP) is 2.91. The van der Waals surface area contributed by atoms with Gasteiger partial charge in [0.25, 0.3) is 5.91 Å². The van der Waals surface area contributed by atoms with Crippen molar-refractivity contribution in [1.82, 2.24) is 14.2 Å². The lowest BCUT2D eigenvalue weighted by molar-refractivity contribution is -0.120. The van der Waals surface area contributed by atoms with Crippen LogP contribution in [0.25, 0.3) is 0 Å². The second-order valence-corrected chi connectivity index (χ2v) is 9.80. The zero-order valence-corrected chi connectivity index (χ0v) is 19.6. The SMILES string of the molecule is CCN(CC)C(=O)c1ccc(S(=O)(=O)N2CCCC(C(=O)Nc3cccc(C)n3)C2)cc1. The van der Waals surface area contributed by atoms with E-state index in [1.165, 1.54) is 16.4 Å². The fourth-order valence-electron chi connectivity index (χ4n) is 3.83. The molecule has 0 spiro atoms.